The van der Waals surface area contributed by atoms with Crippen LogP contribution in [0.5, 0.6) is 0 Å². The van der Waals surface area contributed by atoms with Crippen LogP contribution in [0.1, 0.15) is 155 Å². The van der Waals surface area contributed by atoms with E-state index in [-0.39, 0.29) is 0 Å². The minimum absolute atomic E-state index is 0.355. The normalized spacial score (nSPS) is 34.8. The van der Waals surface area contributed by atoms with Gasteiger partial charge < -0.3 is 0 Å². The molecule has 3 aliphatic carbocycles. The van der Waals surface area contributed by atoms with Gasteiger partial charge in [-0.05, 0) is 63.2 Å². The molecular formula is C30H53FO. The van der Waals surface area contributed by atoms with E-state index in [1.54, 1.807) is 0 Å². The molecule has 186 valence electrons. The van der Waals surface area contributed by atoms with Crippen LogP contribution in [0.2, 0.25) is 0 Å². The highest BCUT2D eigenvalue weighted by Gasteiger charge is 2.71. The average molecular weight is 449 g/mol. The van der Waals surface area contributed by atoms with Crippen LogP contribution in [-0.2, 0) is 4.79 Å². The molecule has 3 fully saturated rings. The van der Waals surface area contributed by atoms with Crippen molar-refractivity contribution in [2.75, 3.05) is 0 Å². The third-order valence-corrected chi connectivity index (χ3v) is 9.80. The predicted octanol–water partition coefficient (Wildman–Crippen LogP) is 9.76. The second kappa shape index (κ2) is 12.9. The summed E-state index contributed by atoms with van der Waals surface area (Å²) in [5.41, 5.74) is -1.13. The molecule has 3 saturated carbocycles. The largest absolute Gasteiger partial charge is 0.298 e. The maximum atomic E-state index is 15.7. The molecule has 0 unspecified atom stereocenters. The van der Waals surface area contributed by atoms with E-state index in [2.05, 4.69) is 13.8 Å². The van der Waals surface area contributed by atoms with Gasteiger partial charge in [-0.1, -0.05) is 104 Å². The second-order valence-electron chi connectivity index (χ2n) is 12.0. The Morgan fingerprint density at radius 1 is 0.625 bits per heavy atom. The first-order chi connectivity index (χ1) is 15.6. The number of alkyl halides is 1. The summed E-state index contributed by atoms with van der Waals surface area (Å²) in [7, 11) is 0. The number of hydrogen-bond donors (Lipinski definition) is 0. The van der Waals surface area contributed by atoms with Crippen molar-refractivity contribution >= 4 is 5.78 Å². The number of rotatable bonds is 14. The van der Waals surface area contributed by atoms with Crippen molar-refractivity contribution in [1.82, 2.24) is 0 Å². The molecule has 1 nitrogen and oxygen atoms in total. The lowest BCUT2D eigenvalue weighted by Gasteiger charge is -2.61. The molecule has 2 spiro atoms. The van der Waals surface area contributed by atoms with Crippen molar-refractivity contribution in [2.24, 2.45) is 22.7 Å². The third-order valence-electron chi connectivity index (χ3n) is 9.80. The minimum atomic E-state index is -0.840. The number of carbonyl (C=O) groups is 1. The van der Waals surface area contributed by atoms with E-state index in [9.17, 15) is 4.79 Å². The number of hydrogen-bond acceptors (Lipinski definition) is 1. The van der Waals surface area contributed by atoms with Crippen LogP contribution in [-0.4, -0.2) is 12.0 Å². The zero-order valence-electron chi connectivity index (χ0n) is 21.6. The Morgan fingerprint density at radius 3 is 1.31 bits per heavy atom. The summed E-state index contributed by atoms with van der Waals surface area (Å²) in [5.74, 6) is 1.85. The maximum absolute atomic E-state index is 15.7. The van der Waals surface area contributed by atoms with Crippen molar-refractivity contribution in [3.63, 3.8) is 0 Å². The molecule has 0 atom stereocenters. The molecule has 0 N–H and O–H groups in total. The quantitative estimate of drug-likeness (QED) is 0.242. The number of unbranched alkanes of at least 4 members (excludes halogenated alkanes) is 10. The SMILES string of the molecule is CCCCCCCCC1CCC2(CC1)C(=O)C1(CCC(CCCCCCCC)CC1)C2F. The fourth-order valence-corrected chi connectivity index (χ4v) is 7.53. The second-order valence-corrected chi connectivity index (χ2v) is 12.0. The van der Waals surface area contributed by atoms with Gasteiger partial charge >= 0.3 is 0 Å². The summed E-state index contributed by atoms with van der Waals surface area (Å²) in [4.78, 5) is 13.4. The molecule has 0 aromatic heterocycles. The number of halogens is 1. The molecule has 0 radical (unpaired) electrons. The van der Waals surface area contributed by atoms with Crippen LogP contribution < -0.4 is 0 Å². The van der Waals surface area contributed by atoms with E-state index in [0.717, 1.165) is 63.2 Å². The highest BCUT2D eigenvalue weighted by Crippen LogP contribution is 2.65. The van der Waals surface area contributed by atoms with Crippen molar-refractivity contribution in [2.45, 2.75) is 161 Å². The Morgan fingerprint density at radius 2 is 0.969 bits per heavy atom. The van der Waals surface area contributed by atoms with Gasteiger partial charge in [0.1, 0.15) is 6.17 Å². The highest BCUT2D eigenvalue weighted by atomic mass is 19.1. The molecule has 3 aliphatic rings. The summed E-state index contributed by atoms with van der Waals surface area (Å²) in [5, 5.41) is 0. The molecule has 0 aromatic rings. The van der Waals surface area contributed by atoms with Gasteiger partial charge in [0.25, 0.3) is 0 Å². The van der Waals surface area contributed by atoms with E-state index in [4.69, 9.17) is 0 Å². The van der Waals surface area contributed by atoms with E-state index in [1.807, 2.05) is 0 Å². The molecular weight excluding hydrogens is 395 g/mol. The van der Waals surface area contributed by atoms with Crippen molar-refractivity contribution in [1.29, 1.82) is 0 Å². The van der Waals surface area contributed by atoms with Gasteiger partial charge in [-0.15, -0.1) is 0 Å². The summed E-state index contributed by atoms with van der Waals surface area (Å²) in [6.45, 7) is 4.54. The number of carbonyl (C=O) groups excluding carboxylic acids is 1. The van der Waals surface area contributed by atoms with Crippen molar-refractivity contribution in [3.05, 3.63) is 0 Å². The van der Waals surface area contributed by atoms with Gasteiger partial charge in [0.15, 0.2) is 5.78 Å². The predicted molar refractivity (Wildman–Crippen MR) is 135 cm³/mol. The van der Waals surface area contributed by atoms with Gasteiger partial charge in [0.2, 0.25) is 0 Å². The van der Waals surface area contributed by atoms with Crippen LogP contribution >= 0.6 is 0 Å². The van der Waals surface area contributed by atoms with Gasteiger partial charge in [0, 0.05) is 0 Å². The average Bonchev–Trinajstić information content (AvgIpc) is 2.83. The Bertz CT molecular complexity index is 493. The van der Waals surface area contributed by atoms with Gasteiger partial charge in [0.05, 0.1) is 10.8 Å². The lowest BCUT2D eigenvalue weighted by Crippen LogP contribution is -2.69. The molecule has 3 rings (SSSR count). The lowest BCUT2D eigenvalue weighted by atomic mass is 9.41. The molecule has 0 bridgehead atoms. The zero-order valence-corrected chi connectivity index (χ0v) is 21.6. The first-order valence-electron chi connectivity index (χ1n) is 14.8. The summed E-state index contributed by atoms with van der Waals surface area (Å²) in [6, 6.07) is 0. The van der Waals surface area contributed by atoms with Crippen LogP contribution in [0.4, 0.5) is 4.39 Å². The smallest absolute Gasteiger partial charge is 0.151 e. The topological polar surface area (TPSA) is 17.1 Å². The first-order valence-corrected chi connectivity index (χ1v) is 14.8. The summed E-state index contributed by atoms with van der Waals surface area (Å²) >= 11 is 0. The van der Waals surface area contributed by atoms with E-state index < -0.39 is 17.0 Å². The maximum Gasteiger partial charge on any atom is 0.151 e. The van der Waals surface area contributed by atoms with Gasteiger partial charge in [-0.25, -0.2) is 4.39 Å². The van der Waals surface area contributed by atoms with Crippen LogP contribution in [0.25, 0.3) is 0 Å². The Hall–Kier alpha value is -0.400. The number of ketones is 1. The highest BCUT2D eigenvalue weighted by molar-refractivity contribution is 5.98. The molecule has 0 aliphatic heterocycles. The Balaban J connectivity index is 1.34. The molecule has 2 heteroatoms. The molecule has 0 saturated heterocycles. The number of Topliss-reactive ketones (excluding diaryl/α,β-unsaturated/α-hetero) is 1. The summed E-state index contributed by atoms with van der Waals surface area (Å²) in [6.07, 6.45) is 25.8. The van der Waals surface area contributed by atoms with Gasteiger partial charge in [-0.3, -0.25) is 4.79 Å². The van der Waals surface area contributed by atoms with Crippen LogP contribution in [0, 0.1) is 22.7 Å². The fraction of sp³-hybridized carbons (Fsp3) is 0.967. The molecule has 0 heterocycles. The standard InChI is InChI=1S/C30H53FO/c1-3-5-7-9-11-13-15-25-17-21-29(22-18-25)27(31)30(28(29)32)23-19-26(20-24-30)16-14-12-10-8-6-4-2/h25-27H,3-24H2,1-2H3. The van der Waals surface area contributed by atoms with Crippen molar-refractivity contribution in [3.8, 4) is 0 Å². The van der Waals surface area contributed by atoms with Crippen LogP contribution in [0.15, 0.2) is 0 Å². The Kier molecular flexibility index (Phi) is 10.6. The zero-order chi connectivity index (χ0) is 22.9. The Labute approximate surface area is 199 Å². The van der Waals surface area contributed by atoms with E-state index in [1.165, 1.54) is 89.9 Å². The summed E-state index contributed by atoms with van der Waals surface area (Å²) < 4.78 is 15.7. The van der Waals surface area contributed by atoms with E-state index in [0.29, 0.717) is 5.78 Å². The van der Waals surface area contributed by atoms with Gasteiger partial charge in [-0.2, -0.15) is 0 Å². The van der Waals surface area contributed by atoms with Crippen molar-refractivity contribution < 1.29 is 9.18 Å². The third kappa shape index (κ3) is 5.99. The lowest BCUT2D eigenvalue weighted by molar-refractivity contribution is -0.193. The minimum Gasteiger partial charge on any atom is -0.298 e. The molecule has 0 amide bonds. The van der Waals surface area contributed by atoms with Crippen LogP contribution in [0.3, 0.4) is 0 Å². The fourth-order valence-electron chi connectivity index (χ4n) is 7.53. The monoisotopic (exact) mass is 448 g/mol. The molecule has 32 heavy (non-hydrogen) atoms. The first kappa shape index (κ1) is 26.2. The van der Waals surface area contributed by atoms with E-state index >= 15 is 4.39 Å². The molecule has 0 aromatic carbocycles.